The molecule has 1 aliphatic carbocycles. The quantitative estimate of drug-likeness (QED) is 0.847. The SMILES string of the molecule is CCNC1CCC(N(C)C(=O)C2CCCCO2)CC1. The first-order valence-corrected chi connectivity index (χ1v) is 7.84. The van der Waals surface area contributed by atoms with Crippen LogP contribution in [-0.4, -0.2) is 49.2 Å². The Kier molecular flexibility index (Phi) is 5.64. The lowest BCUT2D eigenvalue weighted by molar-refractivity contribution is -0.148. The highest BCUT2D eigenvalue weighted by atomic mass is 16.5. The second-order valence-electron chi connectivity index (χ2n) is 5.87. The maximum Gasteiger partial charge on any atom is 0.251 e. The summed E-state index contributed by atoms with van der Waals surface area (Å²) in [6.45, 7) is 3.94. The second-order valence-corrected chi connectivity index (χ2v) is 5.87. The van der Waals surface area contributed by atoms with Crippen LogP contribution in [0.5, 0.6) is 0 Å². The number of amides is 1. The molecule has 2 fully saturated rings. The first-order chi connectivity index (χ1) is 9.22. The average Bonchev–Trinajstić information content (AvgIpc) is 2.48. The predicted octanol–water partition coefficient (Wildman–Crippen LogP) is 1.93. The van der Waals surface area contributed by atoms with Gasteiger partial charge in [0.2, 0.25) is 0 Å². The summed E-state index contributed by atoms with van der Waals surface area (Å²) in [6.07, 6.45) is 7.54. The Labute approximate surface area is 116 Å². The number of ether oxygens (including phenoxy) is 1. The van der Waals surface area contributed by atoms with Crippen LogP contribution in [0.2, 0.25) is 0 Å². The Bertz CT molecular complexity index is 282. The van der Waals surface area contributed by atoms with Crippen molar-refractivity contribution in [3.05, 3.63) is 0 Å². The van der Waals surface area contributed by atoms with Gasteiger partial charge in [0.05, 0.1) is 0 Å². The molecule has 0 aromatic carbocycles. The van der Waals surface area contributed by atoms with Crippen molar-refractivity contribution >= 4 is 5.91 Å². The van der Waals surface area contributed by atoms with Crippen LogP contribution < -0.4 is 5.32 Å². The van der Waals surface area contributed by atoms with Crippen molar-refractivity contribution in [2.45, 2.75) is 70.1 Å². The van der Waals surface area contributed by atoms with Gasteiger partial charge in [-0.15, -0.1) is 0 Å². The number of nitrogens with one attached hydrogen (secondary N) is 1. The molecule has 19 heavy (non-hydrogen) atoms. The first-order valence-electron chi connectivity index (χ1n) is 7.84. The van der Waals surface area contributed by atoms with Gasteiger partial charge in [-0.2, -0.15) is 0 Å². The van der Waals surface area contributed by atoms with E-state index in [9.17, 15) is 4.79 Å². The van der Waals surface area contributed by atoms with Gasteiger partial charge in [0, 0.05) is 25.7 Å². The number of carbonyl (C=O) groups is 1. The highest BCUT2D eigenvalue weighted by Crippen LogP contribution is 2.24. The van der Waals surface area contributed by atoms with Crippen molar-refractivity contribution in [1.29, 1.82) is 0 Å². The molecule has 1 N–H and O–H groups in total. The number of rotatable bonds is 4. The van der Waals surface area contributed by atoms with Crippen LogP contribution in [0.4, 0.5) is 0 Å². The number of hydrogen-bond donors (Lipinski definition) is 1. The standard InChI is InChI=1S/C15H28N2O2/c1-3-16-12-7-9-13(10-8-12)17(2)15(18)14-6-4-5-11-19-14/h12-14,16H,3-11H2,1-2H3. The maximum absolute atomic E-state index is 12.4. The lowest BCUT2D eigenvalue weighted by atomic mass is 9.90. The fraction of sp³-hybridized carbons (Fsp3) is 0.933. The van der Waals surface area contributed by atoms with E-state index in [1.807, 2.05) is 11.9 Å². The third-order valence-electron chi connectivity index (χ3n) is 4.54. The van der Waals surface area contributed by atoms with Gasteiger partial charge in [-0.25, -0.2) is 0 Å². The van der Waals surface area contributed by atoms with E-state index in [4.69, 9.17) is 4.74 Å². The van der Waals surface area contributed by atoms with E-state index in [0.29, 0.717) is 12.1 Å². The van der Waals surface area contributed by atoms with E-state index in [-0.39, 0.29) is 12.0 Å². The van der Waals surface area contributed by atoms with Gasteiger partial charge >= 0.3 is 0 Å². The zero-order chi connectivity index (χ0) is 13.7. The fourth-order valence-electron chi connectivity index (χ4n) is 3.30. The molecule has 4 heteroatoms. The van der Waals surface area contributed by atoms with Crippen LogP contribution in [0, 0.1) is 0 Å². The highest BCUT2D eigenvalue weighted by Gasteiger charge is 2.31. The normalized spacial score (nSPS) is 32.0. The Morgan fingerprint density at radius 1 is 1.21 bits per heavy atom. The summed E-state index contributed by atoms with van der Waals surface area (Å²) < 4.78 is 5.61. The smallest absolute Gasteiger partial charge is 0.251 e. The van der Waals surface area contributed by atoms with Gasteiger partial charge in [0.15, 0.2) is 0 Å². The summed E-state index contributed by atoms with van der Waals surface area (Å²) in [6, 6.07) is 1.06. The van der Waals surface area contributed by atoms with Crippen LogP contribution in [0.1, 0.15) is 51.9 Å². The third-order valence-corrected chi connectivity index (χ3v) is 4.54. The first kappa shape index (κ1) is 14.8. The average molecular weight is 268 g/mol. The van der Waals surface area contributed by atoms with E-state index in [1.54, 1.807) is 0 Å². The molecule has 110 valence electrons. The molecule has 1 saturated carbocycles. The van der Waals surface area contributed by atoms with Gasteiger partial charge in [0.25, 0.3) is 5.91 Å². The molecule has 1 heterocycles. The third kappa shape index (κ3) is 3.93. The van der Waals surface area contributed by atoms with Crippen molar-refractivity contribution in [1.82, 2.24) is 10.2 Å². The van der Waals surface area contributed by atoms with E-state index in [0.717, 1.165) is 45.3 Å². The minimum Gasteiger partial charge on any atom is -0.368 e. The molecule has 1 aliphatic heterocycles. The van der Waals surface area contributed by atoms with E-state index in [1.165, 1.54) is 12.8 Å². The molecule has 2 aliphatic rings. The summed E-state index contributed by atoms with van der Waals surface area (Å²) in [7, 11) is 1.96. The summed E-state index contributed by atoms with van der Waals surface area (Å²) in [4.78, 5) is 14.3. The Morgan fingerprint density at radius 3 is 2.53 bits per heavy atom. The topological polar surface area (TPSA) is 41.6 Å². The van der Waals surface area contributed by atoms with Crippen molar-refractivity contribution in [3.63, 3.8) is 0 Å². The second kappa shape index (κ2) is 7.25. The van der Waals surface area contributed by atoms with E-state index < -0.39 is 0 Å². The monoisotopic (exact) mass is 268 g/mol. The zero-order valence-electron chi connectivity index (χ0n) is 12.4. The molecule has 0 aromatic heterocycles. The lowest BCUT2D eigenvalue weighted by Gasteiger charge is -2.37. The zero-order valence-corrected chi connectivity index (χ0v) is 12.4. The molecule has 0 spiro atoms. The molecule has 1 amide bonds. The molecule has 0 radical (unpaired) electrons. The minimum atomic E-state index is -0.176. The number of nitrogens with zero attached hydrogens (tertiary/aromatic N) is 1. The minimum absolute atomic E-state index is 0.176. The van der Waals surface area contributed by atoms with Crippen LogP contribution in [0.3, 0.4) is 0 Å². The van der Waals surface area contributed by atoms with Gasteiger partial charge in [-0.05, 0) is 51.5 Å². The van der Waals surface area contributed by atoms with Crippen molar-refractivity contribution < 1.29 is 9.53 Å². The van der Waals surface area contributed by atoms with E-state index in [2.05, 4.69) is 12.2 Å². The molecular weight excluding hydrogens is 240 g/mol. The molecule has 2 rings (SSSR count). The molecular formula is C15H28N2O2. The molecule has 1 atom stereocenters. The maximum atomic E-state index is 12.4. The number of likely N-dealkylation sites (N-methyl/N-ethyl adjacent to an activating group) is 1. The van der Waals surface area contributed by atoms with Crippen molar-refractivity contribution in [2.24, 2.45) is 0 Å². The van der Waals surface area contributed by atoms with Crippen molar-refractivity contribution in [3.8, 4) is 0 Å². The van der Waals surface area contributed by atoms with Gasteiger partial charge < -0.3 is 15.0 Å². The summed E-state index contributed by atoms with van der Waals surface area (Å²) in [5, 5.41) is 3.51. The fourth-order valence-corrected chi connectivity index (χ4v) is 3.30. The van der Waals surface area contributed by atoms with Crippen LogP contribution in [0.15, 0.2) is 0 Å². The highest BCUT2D eigenvalue weighted by molar-refractivity contribution is 5.81. The predicted molar refractivity (Wildman–Crippen MR) is 76.1 cm³/mol. The molecule has 1 unspecified atom stereocenters. The van der Waals surface area contributed by atoms with Crippen LogP contribution in [0.25, 0.3) is 0 Å². The van der Waals surface area contributed by atoms with Gasteiger partial charge in [-0.1, -0.05) is 6.92 Å². The Morgan fingerprint density at radius 2 is 1.95 bits per heavy atom. The van der Waals surface area contributed by atoms with Gasteiger partial charge in [-0.3, -0.25) is 4.79 Å². The van der Waals surface area contributed by atoms with E-state index >= 15 is 0 Å². The lowest BCUT2D eigenvalue weighted by Crippen LogP contribution is -2.47. The number of hydrogen-bond acceptors (Lipinski definition) is 3. The molecule has 1 saturated heterocycles. The number of carbonyl (C=O) groups excluding carboxylic acids is 1. The molecule has 4 nitrogen and oxygen atoms in total. The molecule has 0 aromatic rings. The summed E-state index contributed by atoms with van der Waals surface area (Å²) in [5.41, 5.74) is 0. The Hall–Kier alpha value is -0.610. The molecule has 0 bridgehead atoms. The summed E-state index contributed by atoms with van der Waals surface area (Å²) in [5.74, 6) is 0.201. The Balaban J connectivity index is 1.79. The summed E-state index contributed by atoms with van der Waals surface area (Å²) >= 11 is 0. The van der Waals surface area contributed by atoms with Gasteiger partial charge in [0.1, 0.15) is 6.10 Å². The van der Waals surface area contributed by atoms with Crippen LogP contribution in [-0.2, 0) is 9.53 Å². The van der Waals surface area contributed by atoms with Crippen LogP contribution >= 0.6 is 0 Å². The van der Waals surface area contributed by atoms with Crippen molar-refractivity contribution in [2.75, 3.05) is 20.2 Å². The largest absolute Gasteiger partial charge is 0.368 e.